The maximum atomic E-state index is 13.2. The topological polar surface area (TPSA) is 21.3 Å². The molecule has 2 nitrogen and oxygen atoms in total. The SMILES string of the molecule is Fc1ccc2c(c1)[C@H]1CNC[C@H]1CCO2. The maximum absolute atomic E-state index is 13.2. The molecule has 1 saturated heterocycles. The lowest BCUT2D eigenvalue weighted by molar-refractivity contribution is 0.296. The van der Waals surface area contributed by atoms with Crippen molar-refractivity contribution in [2.75, 3.05) is 19.7 Å². The molecule has 2 aliphatic heterocycles. The van der Waals surface area contributed by atoms with Gasteiger partial charge in [-0.3, -0.25) is 0 Å². The Morgan fingerprint density at radius 1 is 1.33 bits per heavy atom. The first kappa shape index (κ1) is 9.16. The van der Waals surface area contributed by atoms with Gasteiger partial charge < -0.3 is 10.1 Å². The minimum atomic E-state index is -0.162. The van der Waals surface area contributed by atoms with Crippen molar-refractivity contribution < 1.29 is 9.13 Å². The van der Waals surface area contributed by atoms with Crippen LogP contribution >= 0.6 is 0 Å². The Bertz CT molecular complexity index is 380. The Morgan fingerprint density at radius 2 is 2.27 bits per heavy atom. The molecule has 0 aliphatic carbocycles. The number of nitrogens with one attached hydrogen (secondary N) is 1. The van der Waals surface area contributed by atoms with Gasteiger partial charge in [0.1, 0.15) is 11.6 Å². The highest BCUT2D eigenvalue weighted by molar-refractivity contribution is 5.39. The number of hydrogen-bond acceptors (Lipinski definition) is 2. The van der Waals surface area contributed by atoms with E-state index in [0.29, 0.717) is 11.8 Å². The molecule has 1 aromatic carbocycles. The van der Waals surface area contributed by atoms with Gasteiger partial charge in [-0.15, -0.1) is 0 Å². The van der Waals surface area contributed by atoms with Crippen LogP contribution in [0.25, 0.3) is 0 Å². The fraction of sp³-hybridized carbons (Fsp3) is 0.500. The molecule has 1 fully saturated rings. The molecule has 80 valence electrons. The molecule has 15 heavy (non-hydrogen) atoms. The molecule has 0 spiro atoms. The number of rotatable bonds is 0. The monoisotopic (exact) mass is 207 g/mol. The Hall–Kier alpha value is -1.09. The zero-order valence-corrected chi connectivity index (χ0v) is 8.50. The molecular formula is C12H14FNO. The average molecular weight is 207 g/mol. The second kappa shape index (κ2) is 3.49. The minimum absolute atomic E-state index is 0.162. The van der Waals surface area contributed by atoms with Crippen molar-refractivity contribution in [1.82, 2.24) is 5.32 Å². The van der Waals surface area contributed by atoms with E-state index in [-0.39, 0.29) is 5.82 Å². The molecule has 3 heteroatoms. The van der Waals surface area contributed by atoms with E-state index in [4.69, 9.17) is 4.74 Å². The summed E-state index contributed by atoms with van der Waals surface area (Å²) in [6, 6.07) is 4.86. The van der Waals surface area contributed by atoms with Gasteiger partial charge in [0.05, 0.1) is 6.61 Å². The highest BCUT2D eigenvalue weighted by atomic mass is 19.1. The third kappa shape index (κ3) is 1.51. The van der Waals surface area contributed by atoms with Crippen molar-refractivity contribution in [2.24, 2.45) is 5.92 Å². The van der Waals surface area contributed by atoms with Crippen LogP contribution in [0, 0.1) is 11.7 Å². The van der Waals surface area contributed by atoms with E-state index in [1.807, 2.05) is 0 Å². The van der Waals surface area contributed by atoms with Crippen molar-refractivity contribution in [2.45, 2.75) is 12.3 Å². The predicted octanol–water partition coefficient (Wildman–Crippen LogP) is 1.91. The van der Waals surface area contributed by atoms with Gasteiger partial charge in [0.25, 0.3) is 0 Å². The molecule has 0 aromatic heterocycles. The van der Waals surface area contributed by atoms with Crippen LogP contribution < -0.4 is 10.1 Å². The molecule has 0 unspecified atom stereocenters. The summed E-state index contributed by atoms with van der Waals surface area (Å²) in [5.41, 5.74) is 1.04. The Morgan fingerprint density at radius 3 is 3.20 bits per heavy atom. The van der Waals surface area contributed by atoms with Crippen LogP contribution in [0.1, 0.15) is 17.9 Å². The second-order valence-electron chi connectivity index (χ2n) is 4.34. The first-order valence-electron chi connectivity index (χ1n) is 5.47. The molecule has 2 aliphatic rings. The Balaban J connectivity index is 2.06. The number of halogens is 1. The van der Waals surface area contributed by atoms with E-state index in [1.54, 1.807) is 12.1 Å². The molecule has 1 N–H and O–H groups in total. The summed E-state index contributed by atoms with van der Waals surface area (Å²) >= 11 is 0. The fourth-order valence-electron chi connectivity index (χ4n) is 2.66. The Labute approximate surface area is 88.4 Å². The molecular weight excluding hydrogens is 193 g/mol. The maximum Gasteiger partial charge on any atom is 0.123 e. The zero-order valence-electron chi connectivity index (χ0n) is 8.50. The quantitative estimate of drug-likeness (QED) is 0.701. The summed E-state index contributed by atoms with van der Waals surface area (Å²) in [5, 5.41) is 3.37. The van der Waals surface area contributed by atoms with E-state index < -0.39 is 0 Å². The second-order valence-corrected chi connectivity index (χ2v) is 4.34. The minimum Gasteiger partial charge on any atom is -0.493 e. The van der Waals surface area contributed by atoms with Gasteiger partial charge in [-0.1, -0.05) is 0 Å². The van der Waals surface area contributed by atoms with Crippen molar-refractivity contribution in [3.8, 4) is 5.75 Å². The van der Waals surface area contributed by atoms with Crippen LogP contribution in [-0.4, -0.2) is 19.7 Å². The summed E-state index contributed by atoms with van der Waals surface area (Å²) < 4.78 is 18.9. The number of hydrogen-bond donors (Lipinski definition) is 1. The van der Waals surface area contributed by atoms with E-state index in [0.717, 1.165) is 37.4 Å². The van der Waals surface area contributed by atoms with E-state index in [2.05, 4.69) is 5.32 Å². The van der Waals surface area contributed by atoms with Crippen molar-refractivity contribution >= 4 is 0 Å². The highest BCUT2D eigenvalue weighted by Gasteiger charge is 2.32. The molecule has 0 amide bonds. The zero-order chi connectivity index (χ0) is 10.3. The molecule has 2 heterocycles. The van der Waals surface area contributed by atoms with E-state index >= 15 is 0 Å². The lowest BCUT2D eigenvalue weighted by Gasteiger charge is -2.15. The van der Waals surface area contributed by atoms with Gasteiger partial charge in [-0.2, -0.15) is 0 Å². The summed E-state index contributed by atoms with van der Waals surface area (Å²) in [5.74, 6) is 1.74. The van der Waals surface area contributed by atoms with Crippen molar-refractivity contribution in [1.29, 1.82) is 0 Å². The van der Waals surface area contributed by atoms with Gasteiger partial charge in [0.15, 0.2) is 0 Å². The lowest BCUT2D eigenvalue weighted by atomic mass is 9.87. The molecule has 0 radical (unpaired) electrons. The van der Waals surface area contributed by atoms with E-state index in [1.165, 1.54) is 6.07 Å². The smallest absolute Gasteiger partial charge is 0.123 e. The number of ether oxygens (including phenoxy) is 1. The number of fused-ring (bicyclic) bond motifs is 3. The molecule has 0 saturated carbocycles. The molecule has 3 rings (SSSR count). The summed E-state index contributed by atoms with van der Waals surface area (Å²) in [4.78, 5) is 0. The van der Waals surface area contributed by atoms with Crippen LogP contribution in [-0.2, 0) is 0 Å². The van der Waals surface area contributed by atoms with Gasteiger partial charge in [-0.25, -0.2) is 4.39 Å². The van der Waals surface area contributed by atoms with Gasteiger partial charge in [0.2, 0.25) is 0 Å². The van der Waals surface area contributed by atoms with Crippen LogP contribution in [0.4, 0.5) is 4.39 Å². The van der Waals surface area contributed by atoms with Crippen LogP contribution in [0.2, 0.25) is 0 Å². The first-order valence-corrected chi connectivity index (χ1v) is 5.47. The van der Waals surface area contributed by atoms with Crippen LogP contribution in [0.15, 0.2) is 18.2 Å². The van der Waals surface area contributed by atoms with Crippen molar-refractivity contribution in [3.05, 3.63) is 29.6 Å². The van der Waals surface area contributed by atoms with Gasteiger partial charge >= 0.3 is 0 Å². The average Bonchev–Trinajstić information content (AvgIpc) is 2.62. The molecule has 2 atom stereocenters. The number of benzene rings is 1. The summed E-state index contributed by atoms with van der Waals surface area (Å²) in [6.45, 7) is 2.73. The summed E-state index contributed by atoms with van der Waals surface area (Å²) in [7, 11) is 0. The highest BCUT2D eigenvalue weighted by Crippen LogP contribution is 2.38. The largest absolute Gasteiger partial charge is 0.493 e. The third-order valence-corrected chi connectivity index (χ3v) is 3.46. The van der Waals surface area contributed by atoms with Gasteiger partial charge in [-0.05, 0) is 37.1 Å². The lowest BCUT2D eigenvalue weighted by Crippen LogP contribution is -2.11. The first-order chi connectivity index (χ1) is 7.34. The van der Waals surface area contributed by atoms with E-state index in [9.17, 15) is 4.39 Å². The van der Waals surface area contributed by atoms with Crippen molar-refractivity contribution in [3.63, 3.8) is 0 Å². The molecule has 0 bridgehead atoms. The van der Waals surface area contributed by atoms with Crippen LogP contribution in [0.3, 0.4) is 0 Å². The summed E-state index contributed by atoms with van der Waals surface area (Å²) in [6.07, 6.45) is 1.06. The van der Waals surface area contributed by atoms with Gasteiger partial charge in [0, 0.05) is 18.0 Å². The molecule has 1 aromatic rings. The Kier molecular flexibility index (Phi) is 2.13. The normalized spacial score (nSPS) is 28.9. The van der Waals surface area contributed by atoms with Crippen LogP contribution in [0.5, 0.6) is 5.75 Å². The standard InChI is InChI=1S/C12H14FNO/c13-9-1-2-12-10(5-9)11-7-14-6-8(11)3-4-15-12/h1-2,5,8,11,14H,3-4,6-7H2/t8-,11+/m1/s1. The predicted molar refractivity (Wildman–Crippen MR) is 55.6 cm³/mol. The third-order valence-electron chi connectivity index (χ3n) is 3.46. The fourth-order valence-corrected chi connectivity index (χ4v) is 2.66.